The molecule has 2 amide bonds. The fourth-order valence-corrected chi connectivity index (χ4v) is 1.23. The summed E-state index contributed by atoms with van der Waals surface area (Å²) in [6.07, 6.45) is 0. The van der Waals surface area contributed by atoms with Crippen molar-refractivity contribution in [2.24, 2.45) is 5.92 Å². The molecule has 6 heteroatoms. The summed E-state index contributed by atoms with van der Waals surface area (Å²) >= 11 is 0. The van der Waals surface area contributed by atoms with Crippen LogP contribution < -0.4 is 5.32 Å². The van der Waals surface area contributed by atoms with E-state index in [1.54, 1.807) is 14.0 Å². The molecule has 0 saturated heterocycles. The van der Waals surface area contributed by atoms with Gasteiger partial charge in [-0.1, -0.05) is 6.92 Å². The summed E-state index contributed by atoms with van der Waals surface area (Å²) in [5.41, 5.74) is 0. The predicted octanol–water partition coefficient (Wildman–Crippen LogP) is 0.773. The van der Waals surface area contributed by atoms with E-state index in [2.05, 4.69) is 5.32 Å². The highest BCUT2D eigenvalue weighted by atomic mass is 16.5. The van der Waals surface area contributed by atoms with E-state index in [1.807, 2.05) is 13.8 Å². The molecule has 0 heterocycles. The van der Waals surface area contributed by atoms with Gasteiger partial charge in [-0.3, -0.25) is 4.79 Å². The quantitative estimate of drug-likeness (QED) is 0.695. The first kappa shape index (κ1) is 15.7. The molecule has 0 aromatic rings. The lowest BCUT2D eigenvalue weighted by Gasteiger charge is -2.22. The average molecular weight is 246 g/mol. The smallest absolute Gasteiger partial charge is 0.317 e. The molecule has 0 aliphatic carbocycles. The summed E-state index contributed by atoms with van der Waals surface area (Å²) in [5, 5.41) is 11.5. The van der Waals surface area contributed by atoms with E-state index < -0.39 is 11.9 Å². The van der Waals surface area contributed by atoms with E-state index in [0.29, 0.717) is 13.2 Å². The minimum atomic E-state index is -0.910. The van der Waals surface area contributed by atoms with Crippen LogP contribution in [0.5, 0.6) is 0 Å². The molecule has 0 aliphatic rings. The predicted molar refractivity (Wildman–Crippen MR) is 63.9 cm³/mol. The average Bonchev–Trinajstić information content (AvgIpc) is 2.25. The maximum atomic E-state index is 11.6. The molecule has 0 fully saturated rings. The molecule has 0 spiro atoms. The first-order valence-electron chi connectivity index (χ1n) is 5.70. The van der Waals surface area contributed by atoms with Gasteiger partial charge in [0.25, 0.3) is 0 Å². The van der Waals surface area contributed by atoms with Crippen molar-refractivity contribution < 1.29 is 19.4 Å². The number of rotatable bonds is 7. The third-order valence-electron chi connectivity index (χ3n) is 2.26. The van der Waals surface area contributed by atoms with Crippen molar-refractivity contribution in [2.45, 2.75) is 26.8 Å². The van der Waals surface area contributed by atoms with E-state index in [1.165, 1.54) is 4.90 Å². The van der Waals surface area contributed by atoms with Crippen LogP contribution in [0.4, 0.5) is 4.79 Å². The number of carboxylic acid groups (broad SMARTS) is 1. The zero-order chi connectivity index (χ0) is 13.4. The van der Waals surface area contributed by atoms with E-state index in [0.717, 1.165) is 0 Å². The van der Waals surface area contributed by atoms with Crippen LogP contribution in [-0.4, -0.2) is 54.9 Å². The van der Waals surface area contributed by atoms with Gasteiger partial charge in [-0.2, -0.15) is 0 Å². The second kappa shape index (κ2) is 7.89. The number of amides is 2. The van der Waals surface area contributed by atoms with Crippen LogP contribution in [0.15, 0.2) is 0 Å². The molecule has 0 aromatic heterocycles. The maximum absolute atomic E-state index is 11.6. The number of nitrogens with one attached hydrogen (secondary N) is 1. The van der Waals surface area contributed by atoms with E-state index in [9.17, 15) is 9.59 Å². The van der Waals surface area contributed by atoms with Gasteiger partial charge in [-0.25, -0.2) is 4.79 Å². The summed E-state index contributed by atoms with van der Waals surface area (Å²) < 4.78 is 5.17. The fraction of sp³-hybridized carbons (Fsp3) is 0.818. The van der Waals surface area contributed by atoms with Gasteiger partial charge in [-0.15, -0.1) is 0 Å². The zero-order valence-electron chi connectivity index (χ0n) is 10.9. The molecule has 2 N–H and O–H groups in total. The lowest BCUT2D eigenvalue weighted by molar-refractivity contribution is -0.141. The molecule has 0 saturated carbocycles. The van der Waals surface area contributed by atoms with Crippen molar-refractivity contribution in [1.29, 1.82) is 0 Å². The van der Waals surface area contributed by atoms with Gasteiger partial charge in [-0.05, 0) is 13.8 Å². The number of urea groups is 1. The number of ether oxygens (including phenoxy) is 1. The lowest BCUT2D eigenvalue weighted by atomic mass is 10.2. The fourth-order valence-electron chi connectivity index (χ4n) is 1.23. The zero-order valence-corrected chi connectivity index (χ0v) is 10.9. The summed E-state index contributed by atoms with van der Waals surface area (Å²) in [6.45, 7) is 6.52. The van der Waals surface area contributed by atoms with Crippen LogP contribution in [0, 0.1) is 5.92 Å². The second-order valence-electron chi connectivity index (χ2n) is 4.13. The van der Waals surface area contributed by atoms with Crippen LogP contribution in [0.2, 0.25) is 0 Å². The van der Waals surface area contributed by atoms with Gasteiger partial charge < -0.3 is 20.1 Å². The van der Waals surface area contributed by atoms with E-state index in [4.69, 9.17) is 9.84 Å². The summed E-state index contributed by atoms with van der Waals surface area (Å²) in [4.78, 5) is 23.6. The Balaban J connectivity index is 4.00. The van der Waals surface area contributed by atoms with Crippen LogP contribution in [0.25, 0.3) is 0 Å². The molecule has 2 atom stereocenters. The molecule has 100 valence electrons. The number of carboxylic acids is 1. The van der Waals surface area contributed by atoms with Crippen LogP contribution in [-0.2, 0) is 9.53 Å². The molecule has 0 aliphatic heterocycles. The van der Waals surface area contributed by atoms with Crippen molar-refractivity contribution in [3.8, 4) is 0 Å². The molecule has 17 heavy (non-hydrogen) atoms. The van der Waals surface area contributed by atoms with Crippen LogP contribution in [0.1, 0.15) is 20.8 Å². The van der Waals surface area contributed by atoms with Crippen molar-refractivity contribution in [3.63, 3.8) is 0 Å². The van der Waals surface area contributed by atoms with Gasteiger partial charge in [0.1, 0.15) is 0 Å². The summed E-state index contributed by atoms with van der Waals surface area (Å²) in [5.74, 6) is -1.49. The largest absolute Gasteiger partial charge is 0.481 e. The third kappa shape index (κ3) is 6.78. The molecule has 1 unspecified atom stereocenters. The Morgan fingerprint density at radius 2 is 2.00 bits per heavy atom. The highest BCUT2D eigenvalue weighted by Gasteiger charge is 2.18. The van der Waals surface area contributed by atoms with Crippen molar-refractivity contribution in [1.82, 2.24) is 10.2 Å². The number of hydrogen-bond donors (Lipinski definition) is 2. The van der Waals surface area contributed by atoms with Gasteiger partial charge in [0.05, 0.1) is 18.6 Å². The summed E-state index contributed by atoms with van der Waals surface area (Å²) in [7, 11) is 1.57. The third-order valence-corrected chi connectivity index (χ3v) is 2.26. The highest BCUT2D eigenvalue weighted by Crippen LogP contribution is 1.99. The Morgan fingerprint density at radius 3 is 2.47 bits per heavy atom. The van der Waals surface area contributed by atoms with Crippen molar-refractivity contribution >= 4 is 12.0 Å². The van der Waals surface area contributed by atoms with Gasteiger partial charge in [0.2, 0.25) is 0 Å². The first-order chi connectivity index (χ1) is 7.88. The number of hydrogen-bond acceptors (Lipinski definition) is 3. The Labute approximate surface area is 102 Å². The van der Waals surface area contributed by atoms with Gasteiger partial charge in [0, 0.05) is 20.2 Å². The molecule has 0 radical (unpaired) electrons. The molecule has 0 rings (SSSR count). The Hall–Kier alpha value is -1.30. The highest BCUT2D eigenvalue weighted by molar-refractivity contribution is 5.75. The topological polar surface area (TPSA) is 78.9 Å². The Morgan fingerprint density at radius 1 is 1.41 bits per heavy atom. The van der Waals surface area contributed by atoms with Gasteiger partial charge >= 0.3 is 12.0 Å². The molecule has 0 aromatic carbocycles. The molecule has 6 nitrogen and oxygen atoms in total. The van der Waals surface area contributed by atoms with E-state index >= 15 is 0 Å². The number of carbonyl (C=O) groups excluding carboxylic acids is 1. The number of carbonyl (C=O) groups is 2. The number of aliphatic carboxylic acids is 1. The minimum absolute atomic E-state index is 0.0926. The monoisotopic (exact) mass is 246 g/mol. The first-order valence-corrected chi connectivity index (χ1v) is 5.70. The SMILES string of the molecule is CCOC[C@H](C)NC(=O)N(C)CC(C)C(=O)O. The Bertz CT molecular complexity index is 258. The van der Waals surface area contributed by atoms with Gasteiger partial charge in [0.15, 0.2) is 0 Å². The molecular formula is C11H22N2O4. The van der Waals surface area contributed by atoms with Crippen LogP contribution in [0.3, 0.4) is 0 Å². The van der Waals surface area contributed by atoms with Crippen molar-refractivity contribution in [3.05, 3.63) is 0 Å². The molecule has 0 bridgehead atoms. The standard InChI is InChI=1S/C11H22N2O4/c1-5-17-7-9(3)12-11(16)13(4)6-8(2)10(14)15/h8-9H,5-7H2,1-4H3,(H,12,16)(H,14,15)/t8?,9-/m0/s1. The van der Waals surface area contributed by atoms with Crippen LogP contribution >= 0.6 is 0 Å². The number of nitrogens with zero attached hydrogens (tertiary/aromatic N) is 1. The Kier molecular flexibility index (Phi) is 7.29. The molecular weight excluding hydrogens is 224 g/mol. The maximum Gasteiger partial charge on any atom is 0.317 e. The lowest BCUT2D eigenvalue weighted by Crippen LogP contribution is -2.45. The minimum Gasteiger partial charge on any atom is -0.481 e. The van der Waals surface area contributed by atoms with Crippen molar-refractivity contribution in [2.75, 3.05) is 26.8 Å². The normalized spacial score (nSPS) is 13.9. The second-order valence-corrected chi connectivity index (χ2v) is 4.13. The van der Waals surface area contributed by atoms with E-state index in [-0.39, 0.29) is 18.6 Å². The summed E-state index contributed by atoms with van der Waals surface area (Å²) in [6, 6.07) is -0.379.